The summed E-state index contributed by atoms with van der Waals surface area (Å²) in [4.78, 5) is 15.1. The predicted octanol–water partition coefficient (Wildman–Crippen LogP) is 3.30. The fraction of sp³-hybridized carbons (Fsp3) is 0.409. The number of methoxy groups -OCH3 is 3. The number of benzene rings is 2. The monoisotopic (exact) mass is 449 g/mol. The summed E-state index contributed by atoms with van der Waals surface area (Å²) in [5, 5.41) is 0. The molecule has 0 spiro atoms. The highest BCUT2D eigenvalue weighted by atomic mass is 35.5. The zero-order valence-corrected chi connectivity index (χ0v) is 18.5. The van der Waals surface area contributed by atoms with Gasteiger partial charge in [-0.15, -0.1) is 12.4 Å². The molecular weight excluding hydrogens is 426 g/mol. The molecule has 8 nitrogen and oxygen atoms in total. The summed E-state index contributed by atoms with van der Waals surface area (Å²) in [5.74, 6) is 2.36. The summed E-state index contributed by atoms with van der Waals surface area (Å²) in [6.07, 6.45) is 0.306. The molecule has 9 heteroatoms. The molecule has 0 radical (unpaired) electrons. The van der Waals surface area contributed by atoms with Gasteiger partial charge in [0, 0.05) is 17.7 Å². The number of nitrogens with zero attached hydrogens (tertiary/aromatic N) is 1. The molecule has 3 aliphatic heterocycles. The minimum absolute atomic E-state index is 0. The van der Waals surface area contributed by atoms with Crippen molar-refractivity contribution in [2.45, 2.75) is 18.6 Å². The summed E-state index contributed by atoms with van der Waals surface area (Å²) < 4.78 is 33.8. The first kappa shape index (κ1) is 21.4. The van der Waals surface area contributed by atoms with E-state index >= 15 is 0 Å². The fourth-order valence-corrected chi connectivity index (χ4v) is 4.71. The van der Waals surface area contributed by atoms with E-state index < -0.39 is 12.1 Å². The van der Waals surface area contributed by atoms with E-state index in [1.165, 1.54) is 7.11 Å². The lowest BCUT2D eigenvalue weighted by atomic mass is 9.85. The number of cyclic esters (lactones) is 1. The second-order valence-corrected chi connectivity index (χ2v) is 7.48. The largest absolute Gasteiger partial charge is 0.493 e. The number of fused-ring (bicyclic) bond motifs is 3. The van der Waals surface area contributed by atoms with Crippen molar-refractivity contribution in [2.75, 3.05) is 41.7 Å². The number of likely N-dealkylation sites (N-methyl/N-ethyl adjacent to an activating group) is 1. The maximum Gasteiger partial charge on any atom is 0.343 e. The zero-order valence-electron chi connectivity index (χ0n) is 17.7. The van der Waals surface area contributed by atoms with E-state index in [2.05, 4.69) is 4.90 Å². The molecule has 166 valence electrons. The van der Waals surface area contributed by atoms with Gasteiger partial charge in [0.2, 0.25) is 12.5 Å². The van der Waals surface area contributed by atoms with Gasteiger partial charge in [-0.2, -0.15) is 0 Å². The lowest BCUT2D eigenvalue weighted by Crippen LogP contribution is -2.36. The molecule has 31 heavy (non-hydrogen) atoms. The molecule has 0 N–H and O–H groups in total. The van der Waals surface area contributed by atoms with Gasteiger partial charge in [0.1, 0.15) is 11.7 Å². The van der Waals surface area contributed by atoms with Gasteiger partial charge in [-0.1, -0.05) is 6.07 Å². The molecular formula is C22H24ClNO7. The molecule has 2 atom stereocenters. The first-order chi connectivity index (χ1) is 14.6. The van der Waals surface area contributed by atoms with Crippen LogP contribution in [-0.2, 0) is 11.2 Å². The van der Waals surface area contributed by atoms with Crippen LogP contribution in [0.25, 0.3) is 0 Å². The van der Waals surface area contributed by atoms with Crippen LogP contribution in [0.4, 0.5) is 0 Å². The van der Waals surface area contributed by atoms with Crippen molar-refractivity contribution >= 4 is 18.4 Å². The van der Waals surface area contributed by atoms with Gasteiger partial charge in [0.15, 0.2) is 23.0 Å². The van der Waals surface area contributed by atoms with Crippen molar-refractivity contribution in [1.82, 2.24) is 4.90 Å². The van der Waals surface area contributed by atoms with Crippen molar-refractivity contribution in [1.29, 1.82) is 0 Å². The van der Waals surface area contributed by atoms with Crippen molar-refractivity contribution in [3.05, 3.63) is 40.5 Å². The smallest absolute Gasteiger partial charge is 0.343 e. The summed E-state index contributed by atoms with van der Waals surface area (Å²) >= 11 is 0. The van der Waals surface area contributed by atoms with E-state index in [0.29, 0.717) is 34.3 Å². The Bertz CT molecular complexity index is 1040. The Balaban J connectivity index is 0.00000231. The third kappa shape index (κ3) is 3.04. The number of carbonyl (C=O) groups is 1. The highest BCUT2D eigenvalue weighted by molar-refractivity contribution is 5.98. The lowest BCUT2D eigenvalue weighted by molar-refractivity contribution is 0.00874. The van der Waals surface area contributed by atoms with Crippen LogP contribution in [0.2, 0.25) is 0 Å². The first-order valence-electron chi connectivity index (χ1n) is 9.74. The topological polar surface area (TPSA) is 75.7 Å². The standard InChI is InChI=1S/C22H23NO7.ClH/c1-23-8-7-11-9-14-20(29-10-28-14)21(27-4)15(11)17(23)18-12-5-6-13(25-2)19(26-3)16(12)22(24)30-18;/h5-6,9,17-18H,7-8,10H2,1-4H3;1H/t17?,18-;/m1./s1. The fourth-order valence-electron chi connectivity index (χ4n) is 4.71. The van der Waals surface area contributed by atoms with Crippen molar-refractivity contribution < 1.29 is 33.2 Å². The van der Waals surface area contributed by atoms with E-state index in [4.69, 9.17) is 28.4 Å². The van der Waals surface area contributed by atoms with Crippen LogP contribution >= 0.6 is 12.4 Å². The molecule has 0 bridgehead atoms. The van der Waals surface area contributed by atoms with Gasteiger partial charge in [0.05, 0.1) is 27.4 Å². The average molecular weight is 450 g/mol. The number of hydrogen-bond donors (Lipinski definition) is 0. The first-order valence-corrected chi connectivity index (χ1v) is 9.74. The highest BCUT2D eigenvalue weighted by Crippen LogP contribution is 2.55. The van der Waals surface area contributed by atoms with Crippen LogP contribution in [0.3, 0.4) is 0 Å². The molecule has 3 aliphatic rings. The van der Waals surface area contributed by atoms with Crippen molar-refractivity contribution in [3.8, 4) is 28.7 Å². The van der Waals surface area contributed by atoms with Gasteiger partial charge in [-0.05, 0) is 31.2 Å². The molecule has 0 saturated carbocycles. The van der Waals surface area contributed by atoms with E-state index in [9.17, 15) is 4.79 Å². The molecule has 3 heterocycles. The van der Waals surface area contributed by atoms with E-state index in [-0.39, 0.29) is 25.2 Å². The number of esters is 1. The van der Waals surface area contributed by atoms with Crippen LogP contribution in [-0.4, -0.2) is 52.6 Å². The number of rotatable bonds is 4. The minimum atomic E-state index is -0.523. The predicted molar refractivity (Wildman–Crippen MR) is 113 cm³/mol. The molecule has 0 saturated heterocycles. The number of hydrogen-bond acceptors (Lipinski definition) is 8. The van der Waals surface area contributed by atoms with Crippen LogP contribution in [0.5, 0.6) is 28.7 Å². The second-order valence-electron chi connectivity index (χ2n) is 7.48. The average Bonchev–Trinajstić information content (AvgIpc) is 3.35. The third-order valence-corrected chi connectivity index (χ3v) is 6.06. The molecule has 1 unspecified atom stereocenters. The molecule has 0 fully saturated rings. The zero-order chi connectivity index (χ0) is 21.0. The molecule has 2 aromatic rings. The van der Waals surface area contributed by atoms with Gasteiger partial charge < -0.3 is 28.4 Å². The Morgan fingerprint density at radius 3 is 2.55 bits per heavy atom. The molecule has 5 rings (SSSR count). The van der Waals surface area contributed by atoms with Gasteiger partial charge in [-0.25, -0.2) is 4.79 Å². The molecule has 2 aromatic carbocycles. The maximum atomic E-state index is 12.9. The Labute approximate surface area is 186 Å². The van der Waals surface area contributed by atoms with Gasteiger partial charge >= 0.3 is 5.97 Å². The highest BCUT2D eigenvalue weighted by Gasteiger charge is 2.46. The number of halogens is 1. The van der Waals surface area contributed by atoms with Gasteiger partial charge in [0.25, 0.3) is 0 Å². The minimum Gasteiger partial charge on any atom is -0.493 e. The SMILES string of the molecule is COc1ccc2c(c1OC)C(=O)O[C@H]2C1c2c(cc3c(c2OC)OCO3)CCN1C.Cl. The molecule has 0 amide bonds. The van der Waals surface area contributed by atoms with Crippen LogP contribution < -0.4 is 23.7 Å². The Hall–Kier alpha value is -2.84. The van der Waals surface area contributed by atoms with E-state index in [0.717, 1.165) is 29.7 Å². The summed E-state index contributed by atoms with van der Waals surface area (Å²) in [7, 11) is 6.70. The quantitative estimate of drug-likeness (QED) is 0.658. The Kier molecular flexibility index (Phi) is 5.53. The number of ether oxygens (including phenoxy) is 6. The molecule has 0 aromatic heterocycles. The van der Waals surface area contributed by atoms with Crippen LogP contribution in [0.15, 0.2) is 18.2 Å². The van der Waals surface area contributed by atoms with E-state index in [1.807, 2.05) is 19.2 Å². The Morgan fingerprint density at radius 2 is 1.84 bits per heavy atom. The van der Waals surface area contributed by atoms with Gasteiger partial charge in [-0.3, -0.25) is 4.90 Å². The normalized spacial score (nSPS) is 21.0. The van der Waals surface area contributed by atoms with Crippen molar-refractivity contribution in [3.63, 3.8) is 0 Å². The second kappa shape index (κ2) is 8.01. The maximum absolute atomic E-state index is 12.9. The third-order valence-electron chi connectivity index (χ3n) is 6.06. The number of carbonyl (C=O) groups excluding carboxylic acids is 1. The summed E-state index contributed by atoms with van der Waals surface area (Å²) in [5.41, 5.74) is 3.23. The van der Waals surface area contributed by atoms with E-state index in [1.54, 1.807) is 20.3 Å². The summed E-state index contributed by atoms with van der Waals surface area (Å²) in [6.45, 7) is 0.963. The van der Waals surface area contributed by atoms with Crippen molar-refractivity contribution in [2.24, 2.45) is 0 Å². The van der Waals surface area contributed by atoms with Crippen LogP contribution in [0, 0.1) is 0 Å². The van der Waals surface area contributed by atoms with Crippen LogP contribution in [0.1, 0.15) is 39.2 Å². The lowest BCUT2D eigenvalue weighted by Gasteiger charge is -2.38. The summed E-state index contributed by atoms with van der Waals surface area (Å²) in [6, 6.07) is 5.43. The Morgan fingerprint density at radius 1 is 1.06 bits per heavy atom. The molecule has 0 aliphatic carbocycles.